The van der Waals surface area contributed by atoms with E-state index in [2.05, 4.69) is 12.2 Å². The molecule has 1 N–H and O–H groups in total. The Morgan fingerprint density at radius 3 is 2.45 bits per heavy atom. The van der Waals surface area contributed by atoms with Crippen LogP contribution in [0.3, 0.4) is 0 Å². The number of carbonyl (C=O) groups excluding carboxylic acids is 2. The lowest BCUT2D eigenvalue weighted by atomic mass is 9.88. The van der Waals surface area contributed by atoms with Crippen LogP contribution >= 0.6 is 11.3 Å². The van der Waals surface area contributed by atoms with E-state index in [-0.39, 0.29) is 29.8 Å². The molecule has 2 aliphatic rings. The largest absolute Gasteiger partial charge is 0.465 e. The van der Waals surface area contributed by atoms with Crippen molar-refractivity contribution in [2.45, 2.75) is 43.9 Å². The minimum atomic E-state index is -3.74. The van der Waals surface area contributed by atoms with Crippen LogP contribution < -0.4 is 5.32 Å². The molecule has 1 aromatic heterocycles. The molecule has 4 rings (SSSR count). The van der Waals surface area contributed by atoms with E-state index in [1.165, 1.54) is 34.9 Å². The number of nitrogens with zero attached hydrogens (tertiary/aromatic N) is 1. The number of ether oxygens (including phenoxy) is 1. The van der Waals surface area contributed by atoms with Crippen LogP contribution in [0, 0.1) is 17.7 Å². The van der Waals surface area contributed by atoms with Crippen molar-refractivity contribution < 1.29 is 27.1 Å². The first kappa shape index (κ1) is 23.8. The summed E-state index contributed by atoms with van der Waals surface area (Å²) in [5, 5.41) is 3.45. The van der Waals surface area contributed by atoms with Gasteiger partial charge in [-0.05, 0) is 67.9 Å². The molecule has 1 aliphatic carbocycles. The molecule has 1 aromatic carbocycles. The Balaban J connectivity index is 1.45. The Labute approximate surface area is 197 Å². The zero-order chi connectivity index (χ0) is 23.8. The Morgan fingerprint density at radius 1 is 1.15 bits per heavy atom. The summed E-state index contributed by atoms with van der Waals surface area (Å²) in [7, 11) is -2.41. The van der Waals surface area contributed by atoms with E-state index in [9.17, 15) is 22.4 Å². The molecule has 0 radical (unpaired) electrons. The van der Waals surface area contributed by atoms with Gasteiger partial charge in [0.25, 0.3) is 0 Å². The van der Waals surface area contributed by atoms with Crippen molar-refractivity contribution in [3.05, 3.63) is 46.1 Å². The molecule has 2 heterocycles. The van der Waals surface area contributed by atoms with E-state index in [1.807, 2.05) is 0 Å². The molecule has 7 nitrogen and oxygen atoms in total. The zero-order valence-electron chi connectivity index (χ0n) is 18.6. The third kappa shape index (κ3) is 4.83. The Hall–Kier alpha value is -2.30. The van der Waals surface area contributed by atoms with Gasteiger partial charge in [0.1, 0.15) is 10.8 Å². The van der Waals surface area contributed by atoms with Crippen LogP contribution in [0.5, 0.6) is 0 Å². The molecule has 1 amide bonds. The van der Waals surface area contributed by atoms with Gasteiger partial charge in [0.15, 0.2) is 0 Å². The standard InChI is InChI=1S/C23H27FN2O5S2/c1-14-3-8-18-19(13-14)32-22(20(18)23(28)31-2)25-21(27)15-9-11-26(12-10-15)33(29,30)17-6-4-16(24)5-7-17/h4-7,14-15H,3,8-13H2,1-2H3,(H,25,27)/t14-/m0/s1. The molecule has 2 aromatic rings. The average molecular weight is 495 g/mol. The maximum Gasteiger partial charge on any atom is 0.341 e. The van der Waals surface area contributed by atoms with Gasteiger partial charge in [-0.15, -0.1) is 11.3 Å². The lowest BCUT2D eigenvalue weighted by molar-refractivity contribution is -0.120. The van der Waals surface area contributed by atoms with Crippen molar-refractivity contribution in [3.8, 4) is 0 Å². The summed E-state index contributed by atoms with van der Waals surface area (Å²) < 4.78 is 45.1. The molecule has 0 saturated carbocycles. The third-order valence-electron chi connectivity index (χ3n) is 6.41. The highest BCUT2D eigenvalue weighted by Crippen LogP contribution is 2.40. The van der Waals surface area contributed by atoms with Gasteiger partial charge in [-0.1, -0.05) is 6.92 Å². The fraction of sp³-hybridized carbons (Fsp3) is 0.478. The number of sulfonamides is 1. The Bertz CT molecular complexity index is 1150. The molecule has 10 heteroatoms. The van der Waals surface area contributed by atoms with E-state index in [0.29, 0.717) is 29.3 Å². The minimum absolute atomic E-state index is 0.0351. The highest BCUT2D eigenvalue weighted by Gasteiger charge is 2.34. The number of hydrogen-bond donors (Lipinski definition) is 1. The topological polar surface area (TPSA) is 92.8 Å². The van der Waals surface area contributed by atoms with Crippen molar-refractivity contribution in [2.24, 2.45) is 11.8 Å². The summed E-state index contributed by atoms with van der Waals surface area (Å²) in [6.07, 6.45) is 3.37. The van der Waals surface area contributed by atoms with Crippen LogP contribution in [0.1, 0.15) is 47.0 Å². The first-order valence-corrected chi connectivity index (χ1v) is 13.3. The van der Waals surface area contributed by atoms with Gasteiger partial charge in [-0.3, -0.25) is 4.79 Å². The fourth-order valence-corrected chi connectivity index (χ4v) is 7.36. The monoisotopic (exact) mass is 494 g/mol. The number of fused-ring (bicyclic) bond motifs is 1. The summed E-state index contributed by atoms with van der Waals surface area (Å²) in [5.74, 6) is -1.01. The molecule has 33 heavy (non-hydrogen) atoms. The third-order valence-corrected chi connectivity index (χ3v) is 9.50. The van der Waals surface area contributed by atoms with Gasteiger partial charge >= 0.3 is 5.97 Å². The number of nitrogens with one attached hydrogen (secondary N) is 1. The van der Waals surface area contributed by atoms with Crippen LogP contribution in [-0.2, 0) is 32.4 Å². The van der Waals surface area contributed by atoms with Gasteiger partial charge in [-0.25, -0.2) is 17.6 Å². The molecule has 0 unspecified atom stereocenters. The van der Waals surface area contributed by atoms with E-state index in [1.54, 1.807) is 0 Å². The molecule has 178 valence electrons. The average Bonchev–Trinajstić information content (AvgIpc) is 3.15. The number of esters is 1. The van der Waals surface area contributed by atoms with Crippen molar-refractivity contribution in [1.82, 2.24) is 4.31 Å². The normalized spacial score (nSPS) is 19.7. The van der Waals surface area contributed by atoms with E-state index in [0.717, 1.165) is 41.8 Å². The van der Waals surface area contributed by atoms with Crippen LogP contribution in [-0.4, -0.2) is 44.8 Å². The van der Waals surface area contributed by atoms with E-state index in [4.69, 9.17) is 4.74 Å². The number of rotatable bonds is 5. The van der Waals surface area contributed by atoms with Crippen molar-refractivity contribution in [2.75, 3.05) is 25.5 Å². The molecule has 0 bridgehead atoms. The predicted molar refractivity (Wildman–Crippen MR) is 123 cm³/mol. The van der Waals surface area contributed by atoms with E-state index < -0.39 is 21.8 Å². The van der Waals surface area contributed by atoms with Crippen molar-refractivity contribution in [3.63, 3.8) is 0 Å². The van der Waals surface area contributed by atoms with Gasteiger partial charge in [0, 0.05) is 23.9 Å². The second kappa shape index (κ2) is 9.52. The number of hydrogen-bond acceptors (Lipinski definition) is 6. The Morgan fingerprint density at radius 2 is 1.82 bits per heavy atom. The number of methoxy groups -OCH3 is 1. The summed E-state index contributed by atoms with van der Waals surface area (Å²) in [4.78, 5) is 26.6. The molecule has 1 saturated heterocycles. The molecular weight excluding hydrogens is 467 g/mol. The number of piperidine rings is 1. The smallest absolute Gasteiger partial charge is 0.341 e. The molecule has 1 atom stereocenters. The van der Waals surface area contributed by atoms with Crippen molar-refractivity contribution >= 4 is 38.2 Å². The maximum atomic E-state index is 13.2. The quantitative estimate of drug-likeness (QED) is 0.638. The fourth-order valence-electron chi connectivity index (χ4n) is 4.48. The van der Waals surface area contributed by atoms with Crippen LogP contribution in [0.2, 0.25) is 0 Å². The van der Waals surface area contributed by atoms with Gasteiger partial charge in [0.2, 0.25) is 15.9 Å². The lowest BCUT2D eigenvalue weighted by Gasteiger charge is -2.30. The van der Waals surface area contributed by atoms with Gasteiger partial charge in [-0.2, -0.15) is 4.31 Å². The van der Waals surface area contributed by atoms with Gasteiger partial charge in [0.05, 0.1) is 17.6 Å². The summed E-state index contributed by atoms with van der Waals surface area (Å²) >= 11 is 1.44. The number of amides is 1. The first-order valence-electron chi connectivity index (χ1n) is 11.0. The molecule has 1 aliphatic heterocycles. The predicted octanol–water partition coefficient (Wildman–Crippen LogP) is 3.84. The van der Waals surface area contributed by atoms with Crippen molar-refractivity contribution in [1.29, 1.82) is 0 Å². The first-order chi connectivity index (χ1) is 15.7. The summed E-state index contributed by atoms with van der Waals surface area (Å²) in [6.45, 7) is 2.56. The second-order valence-electron chi connectivity index (χ2n) is 8.67. The minimum Gasteiger partial charge on any atom is -0.465 e. The second-order valence-corrected chi connectivity index (χ2v) is 11.7. The highest BCUT2D eigenvalue weighted by atomic mass is 32.2. The Kier molecular flexibility index (Phi) is 6.88. The number of carbonyl (C=O) groups is 2. The van der Waals surface area contributed by atoms with E-state index >= 15 is 0 Å². The summed E-state index contributed by atoms with van der Waals surface area (Å²) in [6, 6.07) is 4.73. The number of anilines is 1. The molecule has 0 spiro atoms. The van der Waals surface area contributed by atoms with Gasteiger partial charge < -0.3 is 10.1 Å². The summed E-state index contributed by atoms with van der Waals surface area (Å²) in [5.41, 5.74) is 1.43. The zero-order valence-corrected chi connectivity index (χ0v) is 20.2. The molecular formula is C23H27FN2O5S2. The van der Waals surface area contributed by atoms with Crippen LogP contribution in [0.15, 0.2) is 29.2 Å². The molecule has 1 fully saturated rings. The van der Waals surface area contributed by atoms with Crippen LogP contribution in [0.25, 0.3) is 0 Å². The lowest BCUT2D eigenvalue weighted by Crippen LogP contribution is -2.41. The maximum absolute atomic E-state index is 13.2. The SMILES string of the molecule is COC(=O)c1c(NC(=O)C2CCN(S(=O)(=O)c3ccc(F)cc3)CC2)sc2c1CC[C@H](C)C2. The number of benzene rings is 1. The van der Waals surface area contributed by atoms with Crippen LogP contribution in [0.4, 0.5) is 9.39 Å². The highest BCUT2D eigenvalue weighted by molar-refractivity contribution is 7.89. The number of thiophene rings is 1. The number of halogens is 1.